The zero-order valence-electron chi connectivity index (χ0n) is 16.4. The van der Waals surface area contributed by atoms with Crippen molar-refractivity contribution in [3.8, 4) is 0 Å². The lowest BCUT2D eigenvalue weighted by Gasteiger charge is -2.34. The number of methoxy groups -OCH3 is 1. The van der Waals surface area contributed by atoms with Crippen LogP contribution in [0, 0.1) is 5.92 Å². The van der Waals surface area contributed by atoms with E-state index in [2.05, 4.69) is 20.8 Å². The van der Waals surface area contributed by atoms with E-state index in [1.807, 2.05) is 13.0 Å². The smallest absolute Gasteiger partial charge is 0.266 e. The van der Waals surface area contributed by atoms with Crippen molar-refractivity contribution in [3.05, 3.63) is 18.1 Å². The third-order valence-electron chi connectivity index (χ3n) is 6.02. The van der Waals surface area contributed by atoms with Gasteiger partial charge in [-0.2, -0.15) is 0 Å². The van der Waals surface area contributed by atoms with Gasteiger partial charge in [-0.3, -0.25) is 5.43 Å². The second-order valence-corrected chi connectivity index (χ2v) is 8.20. The van der Waals surface area contributed by atoms with Gasteiger partial charge in [-0.1, -0.05) is 0 Å². The van der Waals surface area contributed by atoms with Gasteiger partial charge in [0.25, 0.3) is 5.92 Å². The molecule has 156 valence electrons. The molecule has 3 aliphatic rings. The van der Waals surface area contributed by atoms with Crippen LogP contribution in [0.4, 0.5) is 14.6 Å². The maximum atomic E-state index is 13.6. The van der Waals surface area contributed by atoms with Crippen molar-refractivity contribution >= 4 is 5.82 Å². The molecule has 1 saturated carbocycles. The Balaban J connectivity index is 1.45. The molecule has 2 N–H and O–H groups in total. The minimum atomic E-state index is -2.64. The van der Waals surface area contributed by atoms with Crippen LogP contribution in [0.15, 0.2) is 12.4 Å². The number of anilines is 1. The van der Waals surface area contributed by atoms with Crippen LogP contribution in [0.25, 0.3) is 0 Å². The van der Waals surface area contributed by atoms with E-state index in [4.69, 9.17) is 9.47 Å². The second kappa shape index (κ2) is 8.14. The Morgan fingerprint density at radius 3 is 2.93 bits per heavy atom. The molecule has 0 radical (unpaired) electrons. The molecule has 3 fully saturated rings. The molecule has 1 aromatic heterocycles. The topological polar surface area (TPSA) is 71.5 Å². The molecule has 0 spiro atoms. The number of nitrogens with zero attached hydrogens (tertiary/aromatic N) is 3. The zero-order chi connectivity index (χ0) is 19.7. The molecule has 4 rings (SSSR count). The summed E-state index contributed by atoms with van der Waals surface area (Å²) in [6, 6.07) is 2.22. The third kappa shape index (κ3) is 4.27. The maximum Gasteiger partial charge on any atom is 0.266 e. The molecule has 9 heteroatoms. The first-order valence-corrected chi connectivity index (χ1v) is 10.1. The average Bonchev–Trinajstić information content (AvgIpc) is 3.24. The van der Waals surface area contributed by atoms with E-state index >= 15 is 0 Å². The van der Waals surface area contributed by atoms with E-state index in [1.165, 1.54) is 6.33 Å². The number of nitrogens with one attached hydrogen (secondary N) is 2. The summed E-state index contributed by atoms with van der Waals surface area (Å²) >= 11 is 0. The molecule has 0 bridgehead atoms. The molecule has 7 nitrogen and oxygen atoms in total. The third-order valence-corrected chi connectivity index (χ3v) is 6.02. The SMILES string of the molecule is COC[C@H](C)OC1CCC2NNC(c3cc(N4CCC(F)(F)C4)ncn3)C2C1. The number of fused-ring (bicyclic) bond motifs is 1. The Morgan fingerprint density at radius 2 is 2.18 bits per heavy atom. The van der Waals surface area contributed by atoms with Gasteiger partial charge in [0.2, 0.25) is 0 Å². The summed E-state index contributed by atoms with van der Waals surface area (Å²) in [7, 11) is 1.68. The fraction of sp³-hybridized carbons (Fsp3) is 0.789. The Kier molecular flexibility index (Phi) is 5.78. The lowest BCUT2D eigenvalue weighted by molar-refractivity contribution is -0.0623. The number of halogens is 2. The maximum absolute atomic E-state index is 13.6. The van der Waals surface area contributed by atoms with Gasteiger partial charge < -0.3 is 14.4 Å². The molecule has 1 aliphatic carbocycles. The van der Waals surface area contributed by atoms with Crippen molar-refractivity contribution in [2.75, 3.05) is 31.7 Å². The summed E-state index contributed by atoms with van der Waals surface area (Å²) in [5.74, 6) is -1.74. The lowest BCUT2D eigenvalue weighted by Crippen LogP contribution is -2.38. The summed E-state index contributed by atoms with van der Waals surface area (Å²) in [4.78, 5) is 10.3. The fourth-order valence-electron chi connectivity index (χ4n) is 4.67. The highest BCUT2D eigenvalue weighted by Crippen LogP contribution is 2.39. The Labute approximate surface area is 164 Å². The summed E-state index contributed by atoms with van der Waals surface area (Å²) in [5, 5.41) is 0. The minimum Gasteiger partial charge on any atom is -0.382 e. The highest BCUT2D eigenvalue weighted by atomic mass is 19.3. The number of rotatable bonds is 6. The summed E-state index contributed by atoms with van der Waals surface area (Å²) < 4.78 is 38.5. The predicted molar refractivity (Wildman–Crippen MR) is 100 cm³/mol. The Bertz CT molecular complexity index is 679. The van der Waals surface area contributed by atoms with Crippen LogP contribution in [0.1, 0.15) is 44.3 Å². The van der Waals surface area contributed by atoms with Gasteiger partial charge in [-0.05, 0) is 26.2 Å². The molecule has 0 aromatic carbocycles. The highest BCUT2D eigenvalue weighted by Gasteiger charge is 2.43. The van der Waals surface area contributed by atoms with Crippen molar-refractivity contribution in [1.82, 2.24) is 20.8 Å². The molecular formula is C19H29F2N5O2. The summed E-state index contributed by atoms with van der Waals surface area (Å²) in [6.45, 7) is 2.65. The average molecular weight is 397 g/mol. The van der Waals surface area contributed by atoms with Crippen molar-refractivity contribution in [2.24, 2.45) is 5.92 Å². The second-order valence-electron chi connectivity index (χ2n) is 8.20. The Hall–Kier alpha value is -1.42. The molecule has 0 amide bonds. The first kappa shape index (κ1) is 19.9. The normalized spacial score (nSPS) is 33.1. The molecular weight excluding hydrogens is 368 g/mol. The van der Waals surface area contributed by atoms with Crippen molar-refractivity contribution < 1.29 is 18.3 Å². The van der Waals surface area contributed by atoms with Gasteiger partial charge in [-0.25, -0.2) is 24.2 Å². The standard InChI is InChI=1S/C19H29F2N5O2/c1-12(9-27-2)28-13-3-4-15-14(7-13)18(25-24-15)16-8-17(23-11-22-16)26-6-5-19(20,21)10-26/h8,11-15,18,24-25H,3-7,9-10H2,1-2H3/t12-,13?,14?,15?,18?/m0/s1. The number of aromatic nitrogens is 2. The fourth-order valence-corrected chi connectivity index (χ4v) is 4.67. The van der Waals surface area contributed by atoms with Crippen LogP contribution in [-0.2, 0) is 9.47 Å². The van der Waals surface area contributed by atoms with E-state index in [9.17, 15) is 8.78 Å². The zero-order valence-corrected chi connectivity index (χ0v) is 16.4. The van der Waals surface area contributed by atoms with E-state index in [0.29, 0.717) is 30.9 Å². The first-order valence-electron chi connectivity index (χ1n) is 10.1. The van der Waals surface area contributed by atoms with Gasteiger partial charge in [0.15, 0.2) is 0 Å². The molecule has 4 unspecified atom stereocenters. The molecule has 2 saturated heterocycles. The van der Waals surface area contributed by atoms with Gasteiger partial charge in [0.1, 0.15) is 12.1 Å². The van der Waals surface area contributed by atoms with Gasteiger partial charge in [-0.15, -0.1) is 0 Å². The molecule has 3 heterocycles. The van der Waals surface area contributed by atoms with Crippen LogP contribution >= 0.6 is 0 Å². The number of hydrogen-bond acceptors (Lipinski definition) is 7. The molecule has 1 aromatic rings. The number of ether oxygens (including phenoxy) is 2. The van der Waals surface area contributed by atoms with Gasteiger partial charge >= 0.3 is 0 Å². The van der Waals surface area contributed by atoms with Gasteiger partial charge in [0.05, 0.1) is 37.1 Å². The quantitative estimate of drug-likeness (QED) is 0.761. The molecule has 2 aliphatic heterocycles. The Morgan fingerprint density at radius 1 is 1.32 bits per heavy atom. The van der Waals surface area contributed by atoms with E-state index in [-0.39, 0.29) is 31.2 Å². The van der Waals surface area contributed by atoms with E-state index in [0.717, 1.165) is 25.0 Å². The predicted octanol–water partition coefficient (Wildman–Crippen LogP) is 2.06. The van der Waals surface area contributed by atoms with Crippen molar-refractivity contribution in [2.45, 2.75) is 62.8 Å². The van der Waals surface area contributed by atoms with Crippen molar-refractivity contribution in [3.63, 3.8) is 0 Å². The van der Waals surface area contributed by atoms with Crippen LogP contribution in [-0.4, -0.2) is 60.9 Å². The number of hydrazine groups is 1. The summed E-state index contributed by atoms with van der Waals surface area (Å²) in [5.41, 5.74) is 7.58. The van der Waals surface area contributed by atoms with Gasteiger partial charge in [0, 0.05) is 38.1 Å². The van der Waals surface area contributed by atoms with Crippen LogP contribution < -0.4 is 15.8 Å². The number of hydrogen-bond donors (Lipinski definition) is 2. The van der Waals surface area contributed by atoms with Crippen LogP contribution in [0.5, 0.6) is 0 Å². The van der Waals surface area contributed by atoms with Crippen LogP contribution in [0.2, 0.25) is 0 Å². The largest absolute Gasteiger partial charge is 0.382 e. The van der Waals surface area contributed by atoms with Crippen molar-refractivity contribution in [1.29, 1.82) is 0 Å². The monoisotopic (exact) mass is 397 g/mol. The minimum absolute atomic E-state index is 0.0130. The molecule has 28 heavy (non-hydrogen) atoms. The summed E-state index contributed by atoms with van der Waals surface area (Å²) in [6.07, 6.45) is 4.56. The van der Waals surface area contributed by atoms with E-state index in [1.54, 1.807) is 12.0 Å². The van der Waals surface area contributed by atoms with Crippen LogP contribution in [0.3, 0.4) is 0 Å². The molecule has 5 atom stereocenters. The lowest BCUT2D eigenvalue weighted by atomic mass is 9.79. The highest BCUT2D eigenvalue weighted by molar-refractivity contribution is 5.41. The first-order chi connectivity index (χ1) is 13.4. The number of alkyl halides is 2. The van der Waals surface area contributed by atoms with E-state index < -0.39 is 5.92 Å².